The maximum atomic E-state index is 12.8. The number of nitrogens with two attached hydrogens (primary N) is 1. The first-order chi connectivity index (χ1) is 6.18. The highest BCUT2D eigenvalue weighted by Crippen LogP contribution is 2.32. The van der Waals surface area contributed by atoms with Crippen LogP contribution in [0.15, 0.2) is 18.2 Å². The van der Waals surface area contributed by atoms with Gasteiger partial charge in [0.15, 0.2) is 0 Å². The van der Waals surface area contributed by atoms with Crippen LogP contribution in [0.25, 0.3) is 0 Å². The first-order valence-corrected chi connectivity index (χ1v) is 4.26. The molecule has 0 spiro atoms. The second kappa shape index (κ2) is 2.83. The molecule has 2 rings (SSSR count). The molecular weight excluding hydrogens is 169 g/mol. The van der Waals surface area contributed by atoms with E-state index in [9.17, 15) is 9.18 Å². The molecule has 0 saturated carbocycles. The van der Waals surface area contributed by atoms with Crippen LogP contribution in [0, 0.1) is 5.82 Å². The van der Waals surface area contributed by atoms with Gasteiger partial charge in [-0.25, -0.2) is 4.39 Å². The maximum absolute atomic E-state index is 12.8. The first kappa shape index (κ1) is 8.23. The van der Waals surface area contributed by atoms with Crippen molar-refractivity contribution in [2.45, 2.75) is 18.8 Å². The van der Waals surface area contributed by atoms with Gasteiger partial charge in [-0.1, -0.05) is 6.07 Å². The summed E-state index contributed by atoms with van der Waals surface area (Å²) < 4.78 is 12.8. The maximum Gasteiger partial charge on any atom is 0.224 e. The van der Waals surface area contributed by atoms with Crippen LogP contribution in [0.4, 0.5) is 4.39 Å². The van der Waals surface area contributed by atoms with E-state index in [1.165, 1.54) is 12.1 Å². The molecule has 2 N–H and O–H groups in total. The molecule has 13 heavy (non-hydrogen) atoms. The van der Waals surface area contributed by atoms with Gasteiger partial charge in [-0.2, -0.15) is 0 Å². The van der Waals surface area contributed by atoms with E-state index in [4.69, 9.17) is 5.73 Å². The third kappa shape index (κ3) is 1.30. The van der Waals surface area contributed by atoms with Crippen molar-refractivity contribution in [1.29, 1.82) is 0 Å². The molecular formula is C10H10FNO. The van der Waals surface area contributed by atoms with Gasteiger partial charge in [0.1, 0.15) is 5.82 Å². The standard InChI is InChI=1S/C10H10FNO/c11-7-3-1-6-2-4-8(10(12)13)9(6)5-7/h1,3,5,8H,2,4H2,(H2,12,13). The summed E-state index contributed by atoms with van der Waals surface area (Å²) >= 11 is 0. The summed E-state index contributed by atoms with van der Waals surface area (Å²) in [6.07, 6.45) is 1.54. The van der Waals surface area contributed by atoms with Crippen LogP contribution >= 0.6 is 0 Å². The fourth-order valence-corrected chi connectivity index (χ4v) is 1.87. The van der Waals surface area contributed by atoms with Crippen molar-refractivity contribution in [3.05, 3.63) is 35.1 Å². The number of primary amides is 1. The molecule has 0 aliphatic heterocycles. The van der Waals surface area contributed by atoms with Gasteiger partial charge in [0, 0.05) is 0 Å². The minimum Gasteiger partial charge on any atom is -0.369 e. The molecule has 0 saturated heterocycles. The lowest BCUT2D eigenvalue weighted by atomic mass is 10.0. The van der Waals surface area contributed by atoms with Crippen molar-refractivity contribution in [3.8, 4) is 0 Å². The average Bonchev–Trinajstić information content (AvgIpc) is 2.46. The van der Waals surface area contributed by atoms with Crippen LogP contribution < -0.4 is 5.73 Å². The first-order valence-electron chi connectivity index (χ1n) is 4.26. The molecule has 1 unspecified atom stereocenters. The molecule has 2 nitrogen and oxygen atoms in total. The quantitative estimate of drug-likeness (QED) is 0.694. The van der Waals surface area contributed by atoms with Gasteiger partial charge in [0.25, 0.3) is 0 Å². The Morgan fingerprint density at radius 1 is 1.54 bits per heavy atom. The van der Waals surface area contributed by atoms with Gasteiger partial charge in [-0.05, 0) is 36.1 Å². The highest BCUT2D eigenvalue weighted by Gasteiger charge is 2.26. The zero-order chi connectivity index (χ0) is 9.42. The number of aryl methyl sites for hydroxylation is 1. The van der Waals surface area contributed by atoms with E-state index in [1.807, 2.05) is 0 Å². The molecule has 0 fully saturated rings. The second-order valence-corrected chi connectivity index (χ2v) is 3.34. The van der Waals surface area contributed by atoms with Crippen LogP contribution in [-0.4, -0.2) is 5.91 Å². The second-order valence-electron chi connectivity index (χ2n) is 3.34. The molecule has 1 aromatic rings. The highest BCUT2D eigenvalue weighted by molar-refractivity contribution is 5.83. The van der Waals surface area contributed by atoms with E-state index in [0.29, 0.717) is 6.42 Å². The summed E-state index contributed by atoms with van der Waals surface area (Å²) in [5.41, 5.74) is 7.02. The SMILES string of the molecule is NC(=O)C1CCc2ccc(F)cc21. The lowest BCUT2D eigenvalue weighted by molar-refractivity contribution is -0.119. The smallest absolute Gasteiger partial charge is 0.224 e. The van der Waals surface area contributed by atoms with Gasteiger partial charge in [-0.3, -0.25) is 4.79 Å². The number of fused-ring (bicyclic) bond motifs is 1. The normalized spacial score (nSPS) is 19.9. The van der Waals surface area contributed by atoms with Gasteiger partial charge >= 0.3 is 0 Å². The molecule has 0 radical (unpaired) electrons. The Hall–Kier alpha value is -1.38. The van der Waals surface area contributed by atoms with Crippen molar-refractivity contribution in [3.63, 3.8) is 0 Å². The van der Waals surface area contributed by atoms with Crippen LogP contribution in [0.2, 0.25) is 0 Å². The Labute approximate surface area is 75.6 Å². The summed E-state index contributed by atoms with van der Waals surface area (Å²) in [6.45, 7) is 0. The van der Waals surface area contributed by atoms with Gasteiger partial charge in [0.05, 0.1) is 5.92 Å². The predicted octanol–water partition coefficient (Wildman–Crippen LogP) is 1.34. The number of carbonyl (C=O) groups is 1. The van der Waals surface area contributed by atoms with Crippen LogP contribution in [0.3, 0.4) is 0 Å². The highest BCUT2D eigenvalue weighted by atomic mass is 19.1. The number of benzene rings is 1. The summed E-state index contributed by atoms with van der Waals surface area (Å²) in [4.78, 5) is 11.0. The third-order valence-corrected chi connectivity index (χ3v) is 2.53. The fourth-order valence-electron chi connectivity index (χ4n) is 1.87. The molecule has 0 aromatic heterocycles. The van der Waals surface area contributed by atoms with Crippen molar-refractivity contribution in [2.75, 3.05) is 0 Å². The topological polar surface area (TPSA) is 43.1 Å². The summed E-state index contributed by atoms with van der Waals surface area (Å²) in [5.74, 6) is -0.943. The molecule has 1 aliphatic carbocycles. The van der Waals surface area contributed by atoms with Gasteiger partial charge < -0.3 is 5.73 Å². The number of carbonyl (C=O) groups excluding carboxylic acids is 1. The molecule has 0 bridgehead atoms. The largest absolute Gasteiger partial charge is 0.369 e. The number of hydrogen-bond donors (Lipinski definition) is 1. The summed E-state index contributed by atoms with van der Waals surface area (Å²) in [5, 5.41) is 0. The zero-order valence-corrected chi connectivity index (χ0v) is 7.09. The van der Waals surface area contributed by atoms with Gasteiger partial charge in [0.2, 0.25) is 5.91 Å². The average molecular weight is 179 g/mol. The van der Waals surface area contributed by atoms with E-state index in [1.54, 1.807) is 6.07 Å². The van der Waals surface area contributed by atoms with Gasteiger partial charge in [-0.15, -0.1) is 0 Å². The lowest BCUT2D eigenvalue weighted by Crippen LogP contribution is -2.19. The molecule has 1 atom stereocenters. The Kier molecular flexibility index (Phi) is 1.79. The van der Waals surface area contributed by atoms with E-state index in [-0.39, 0.29) is 17.6 Å². The summed E-state index contributed by atoms with van der Waals surface area (Å²) in [6, 6.07) is 4.56. The monoisotopic (exact) mass is 179 g/mol. The number of hydrogen-bond acceptors (Lipinski definition) is 1. The summed E-state index contributed by atoms with van der Waals surface area (Å²) in [7, 11) is 0. The minimum atomic E-state index is -0.357. The number of amides is 1. The Balaban J connectivity index is 2.46. The van der Waals surface area contributed by atoms with E-state index in [0.717, 1.165) is 17.5 Å². The lowest BCUT2D eigenvalue weighted by Gasteiger charge is -2.05. The van der Waals surface area contributed by atoms with Crippen LogP contribution in [0.5, 0.6) is 0 Å². The van der Waals surface area contributed by atoms with Crippen molar-refractivity contribution in [2.24, 2.45) is 5.73 Å². The third-order valence-electron chi connectivity index (χ3n) is 2.53. The van der Waals surface area contributed by atoms with Crippen molar-refractivity contribution in [1.82, 2.24) is 0 Å². The van der Waals surface area contributed by atoms with E-state index >= 15 is 0 Å². The Morgan fingerprint density at radius 3 is 3.00 bits per heavy atom. The van der Waals surface area contributed by atoms with E-state index < -0.39 is 0 Å². The van der Waals surface area contributed by atoms with Crippen molar-refractivity contribution >= 4 is 5.91 Å². The molecule has 68 valence electrons. The molecule has 3 heteroatoms. The molecule has 0 heterocycles. The van der Waals surface area contributed by atoms with E-state index in [2.05, 4.69) is 0 Å². The zero-order valence-electron chi connectivity index (χ0n) is 7.09. The minimum absolute atomic E-state index is 0.286. The number of rotatable bonds is 1. The van der Waals surface area contributed by atoms with Crippen molar-refractivity contribution < 1.29 is 9.18 Å². The van der Waals surface area contributed by atoms with Crippen LogP contribution in [0.1, 0.15) is 23.5 Å². The predicted molar refractivity (Wildman–Crippen MR) is 46.7 cm³/mol. The molecule has 1 aliphatic rings. The Bertz CT molecular complexity index is 362. The molecule has 1 amide bonds. The number of halogens is 1. The Morgan fingerprint density at radius 2 is 2.31 bits per heavy atom. The molecule has 1 aromatic carbocycles. The van der Waals surface area contributed by atoms with Crippen LogP contribution in [-0.2, 0) is 11.2 Å². The fraction of sp³-hybridized carbons (Fsp3) is 0.300.